The lowest BCUT2D eigenvalue weighted by Crippen LogP contribution is -2.14. The molecule has 3 rings (SSSR count). The molecule has 0 saturated heterocycles. The summed E-state index contributed by atoms with van der Waals surface area (Å²) in [5.74, 6) is 0.885. The van der Waals surface area contributed by atoms with Crippen LogP contribution in [0.1, 0.15) is 15.2 Å². The van der Waals surface area contributed by atoms with Crippen molar-refractivity contribution in [3.63, 3.8) is 0 Å². The van der Waals surface area contributed by atoms with Crippen molar-refractivity contribution in [2.24, 2.45) is 12.0 Å². The minimum Gasteiger partial charge on any atom is -0.493 e. The number of hydrogen-bond donors (Lipinski definition) is 0. The topological polar surface area (TPSA) is 62.0 Å². The van der Waals surface area contributed by atoms with E-state index in [1.54, 1.807) is 12.1 Å². The van der Waals surface area contributed by atoms with Gasteiger partial charge in [-0.3, -0.25) is 4.79 Å². The van der Waals surface area contributed by atoms with Crippen LogP contribution >= 0.6 is 11.3 Å². The number of carbonyl (C=O) groups excluding carboxylic acids is 1. The second-order valence-electron chi connectivity index (χ2n) is 6.05. The molecule has 0 aliphatic heterocycles. The molecular formula is C21H22N2O4S. The van der Waals surface area contributed by atoms with Gasteiger partial charge in [-0.25, -0.2) is 0 Å². The van der Waals surface area contributed by atoms with E-state index in [-0.39, 0.29) is 5.91 Å². The van der Waals surface area contributed by atoms with E-state index in [0.717, 1.165) is 16.1 Å². The van der Waals surface area contributed by atoms with E-state index < -0.39 is 0 Å². The third-order valence-electron chi connectivity index (χ3n) is 4.36. The number of hydrogen-bond acceptors (Lipinski definition) is 5. The SMILES string of the molecule is COc1cc(C(=O)N=c2sc(C)c(-c3ccccc3)n2C)cc(OC)c1OC. The minimum absolute atomic E-state index is 0.363. The molecule has 0 fully saturated rings. The maximum atomic E-state index is 12.8. The summed E-state index contributed by atoms with van der Waals surface area (Å²) in [5, 5.41) is 0. The van der Waals surface area contributed by atoms with Crippen LogP contribution < -0.4 is 19.0 Å². The molecule has 3 aromatic rings. The number of benzene rings is 2. The van der Waals surface area contributed by atoms with Crippen molar-refractivity contribution < 1.29 is 19.0 Å². The average molecular weight is 398 g/mol. The van der Waals surface area contributed by atoms with E-state index in [2.05, 4.69) is 4.99 Å². The number of methoxy groups -OCH3 is 3. The Hall–Kier alpha value is -3.06. The van der Waals surface area contributed by atoms with Gasteiger partial charge in [0.15, 0.2) is 16.3 Å². The Morgan fingerprint density at radius 2 is 1.61 bits per heavy atom. The summed E-state index contributed by atoms with van der Waals surface area (Å²) in [5.41, 5.74) is 2.49. The van der Waals surface area contributed by atoms with Crippen molar-refractivity contribution in [3.05, 3.63) is 57.7 Å². The van der Waals surface area contributed by atoms with Gasteiger partial charge in [0.25, 0.3) is 5.91 Å². The van der Waals surface area contributed by atoms with E-state index in [9.17, 15) is 4.79 Å². The molecule has 1 amide bonds. The van der Waals surface area contributed by atoms with Crippen LogP contribution in [0, 0.1) is 6.92 Å². The van der Waals surface area contributed by atoms with E-state index >= 15 is 0 Å². The number of aromatic nitrogens is 1. The zero-order valence-electron chi connectivity index (χ0n) is 16.5. The van der Waals surface area contributed by atoms with Crippen molar-refractivity contribution in [1.29, 1.82) is 0 Å². The van der Waals surface area contributed by atoms with E-state index in [1.807, 2.05) is 48.9 Å². The molecule has 0 aliphatic carbocycles. The van der Waals surface area contributed by atoms with E-state index in [0.29, 0.717) is 27.6 Å². The number of carbonyl (C=O) groups is 1. The van der Waals surface area contributed by atoms with Gasteiger partial charge in [0.1, 0.15) is 0 Å². The monoisotopic (exact) mass is 398 g/mol. The molecule has 2 aromatic carbocycles. The second-order valence-corrected chi connectivity index (χ2v) is 7.23. The predicted molar refractivity (Wildman–Crippen MR) is 109 cm³/mol. The highest BCUT2D eigenvalue weighted by Gasteiger charge is 2.17. The molecular weight excluding hydrogens is 376 g/mol. The first-order valence-electron chi connectivity index (χ1n) is 8.61. The first kappa shape index (κ1) is 19.7. The lowest BCUT2D eigenvalue weighted by atomic mass is 10.1. The van der Waals surface area contributed by atoms with Gasteiger partial charge in [-0.15, -0.1) is 11.3 Å². The molecule has 0 spiro atoms. The highest BCUT2D eigenvalue weighted by molar-refractivity contribution is 7.09. The molecule has 0 atom stereocenters. The third-order valence-corrected chi connectivity index (χ3v) is 5.40. The second kappa shape index (κ2) is 8.31. The van der Waals surface area contributed by atoms with Gasteiger partial charge >= 0.3 is 0 Å². The molecule has 6 nitrogen and oxygen atoms in total. The Morgan fingerprint density at radius 1 is 1.00 bits per heavy atom. The number of thiazole rings is 1. The third kappa shape index (κ3) is 3.66. The van der Waals surface area contributed by atoms with Crippen molar-refractivity contribution in [3.8, 4) is 28.5 Å². The molecule has 1 heterocycles. The van der Waals surface area contributed by atoms with Crippen LogP contribution in [-0.4, -0.2) is 31.8 Å². The summed E-state index contributed by atoms with van der Waals surface area (Å²) in [4.78, 5) is 18.9. The Balaban J connectivity index is 2.07. The van der Waals surface area contributed by atoms with Gasteiger partial charge < -0.3 is 18.8 Å². The number of amides is 1. The smallest absolute Gasteiger partial charge is 0.279 e. The van der Waals surface area contributed by atoms with Crippen molar-refractivity contribution in [2.45, 2.75) is 6.92 Å². The lowest BCUT2D eigenvalue weighted by Gasteiger charge is -2.12. The summed E-state index contributed by atoms with van der Waals surface area (Å²) < 4.78 is 17.9. The van der Waals surface area contributed by atoms with Gasteiger partial charge in [0.05, 0.1) is 27.0 Å². The Kier molecular flexibility index (Phi) is 5.84. The fourth-order valence-electron chi connectivity index (χ4n) is 3.03. The van der Waals surface area contributed by atoms with Crippen molar-refractivity contribution in [1.82, 2.24) is 4.57 Å². The number of ether oxygens (including phenoxy) is 3. The van der Waals surface area contributed by atoms with Crippen LogP contribution in [0.4, 0.5) is 0 Å². The Bertz CT molecular complexity index is 1040. The average Bonchev–Trinajstić information content (AvgIpc) is 3.00. The summed E-state index contributed by atoms with van der Waals surface area (Å²) in [6.07, 6.45) is 0. The Morgan fingerprint density at radius 3 is 2.14 bits per heavy atom. The number of rotatable bonds is 5. The summed E-state index contributed by atoms with van der Waals surface area (Å²) >= 11 is 1.47. The maximum absolute atomic E-state index is 12.8. The molecule has 0 saturated carbocycles. The summed E-state index contributed by atoms with van der Waals surface area (Å²) in [6.45, 7) is 2.02. The van der Waals surface area contributed by atoms with Crippen molar-refractivity contribution in [2.75, 3.05) is 21.3 Å². The molecule has 0 aliphatic rings. The molecule has 146 valence electrons. The van der Waals surface area contributed by atoms with Crippen LogP contribution in [0.2, 0.25) is 0 Å². The molecule has 0 N–H and O–H groups in total. The molecule has 28 heavy (non-hydrogen) atoms. The molecule has 0 radical (unpaired) electrons. The van der Waals surface area contributed by atoms with Crippen LogP contribution in [0.25, 0.3) is 11.3 Å². The summed E-state index contributed by atoms with van der Waals surface area (Å²) in [6, 6.07) is 13.2. The van der Waals surface area contributed by atoms with Crippen LogP contribution in [0.3, 0.4) is 0 Å². The predicted octanol–water partition coefficient (Wildman–Crippen LogP) is 3.83. The van der Waals surface area contributed by atoms with Gasteiger partial charge in [-0.1, -0.05) is 30.3 Å². The number of nitrogens with zero attached hydrogens (tertiary/aromatic N) is 2. The zero-order chi connectivity index (χ0) is 20.3. The van der Waals surface area contributed by atoms with Crippen molar-refractivity contribution >= 4 is 17.2 Å². The van der Waals surface area contributed by atoms with Gasteiger partial charge in [-0.2, -0.15) is 4.99 Å². The highest BCUT2D eigenvalue weighted by atomic mass is 32.1. The highest BCUT2D eigenvalue weighted by Crippen LogP contribution is 2.38. The van der Waals surface area contributed by atoms with Gasteiger partial charge in [0.2, 0.25) is 5.75 Å². The summed E-state index contributed by atoms with van der Waals surface area (Å²) in [7, 11) is 6.45. The maximum Gasteiger partial charge on any atom is 0.279 e. The van der Waals surface area contributed by atoms with Crippen LogP contribution in [0.5, 0.6) is 17.2 Å². The largest absolute Gasteiger partial charge is 0.493 e. The van der Waals surface area contributed by atoms with E-state index in [1.165, 1.54) is 32.7 Å². The molecule has 1 aromatic heterocycles. The fraction of sp³-hybridized carbons (Fsp3) is 0.238. The fourth-order valence-corrected chi connectivity index (χ4v) is 4.01. The lowest BCUT2D eigenvalue weighted by molar-refractivity contribution is 0.0997. The quantitative estimate of drug-likeness (QED) is 0.655. The van der Waals surface area contributed by atoms with Gasteiger partial charge in [-0.05, 0) is 24.6 Å². The molecule has 0 unspecified atom stereocenters. The standard InChI is InChI=1S/C21H22N2O4S/c1-13-18(14-9-7-6-8-10-14)23(2)21(28-13)22-20(24)15-11-16(25-3)19(27-5)17(12-15)26-4/h6-12H,1-5H3. The van der Waals surface area contributed by atoms with Gasteiger partial charge in [0, 0.05) is 17.5 Å². The number of aryl methyl sites for hydroxylation is 1. The molecule has 0 bridgehead atoms. The van der Waals surface area contributed by atoms with Crippen LogP contribution in [0.15, 0.2) is 47.5 Å². The Labute approximate surface area is 167 Å². The minimum atomic E-state index is -0.379. The zero-order valence-corrected chi connectivity index (χ0v) is 17.3. The molecule has 7 heteroatoms. The van der Waals surface area contributed by atoms with Crippen LogP contribution in [-0.2, 0) is 7.05 Å². The first-order chi connectivity index (χ1) is 13.5. The normalized spacial score (nSPS) is 11.4. The van der Waals surface area contributed by atoms with E-state index in [4.69, 9.17) is 14.2 Å². The first-order valence-corrected chi connectivity index (χ1v) is 9.42.